The molecule has 0 unspecified atom stereocenters. The number of benzene rings is 7. The van der Waals surface area contributed by atoms with E-state index in [4.69, 9.17) is 9.98 Å². The number of amides is 1. The first-order valence-electron chi connectivity index (χ1n) is 24.6. The Bertz CT molecular complexity index is 2950. The second-order valence-electron chi connectivity index (χ2n) is 19.1. The summed E-state index contributed by atoms with van der Waals surface area (Å²) < 4.78 is -1.02. The first kappa shape index (κ1) is 51.4. The molecule has 1 amide bonds. The van der Waals surface area contributed by atoms with Crippen LogP contribution in [0.3, 0.4) is 0 Å². The van der Waals surface area contributed by atoms with E-state index >= 15 is 0 Å². The smallest absolute Gasteiger partial charge is 0.222 e. The zero-order valence-corrected chi connectivity index (χ0v) is 45.5. The summed E-state index contributed by atoms with van der Waals surface area (Å²) in [5, 5.41) is 4.59. The summed E-state index contributed by atoms with van der Waals surface area (Å²) >= 11 is 3.43. The lowest BCUT2D eigenvalue weighted by Crippen LogP contribution is -2.36. The Morgan fingerprint density at radius 2 is 0.917 bits per heavy atom. The minimum atomic E-state index is -0.559. The Labute approximate surface area is 436 Å². The number of rotatable bonds is 12. The van der Waals surface area contributed by atoms with E-state index in [1.807, 2.05) is 46.0 Å². The zero-order valence-electron chi connectivity index (χ0n) is 43.9. The van der Waals surface area contributed by atoms with Crippen LogP contribution in [-0.4, -0.2) is 85.6 Å². The van der Waals surface area contributed by atoms with E-state index in [0.29, 0.717) is 5.17 Å². The van der Waals surface area contributed by atoms with Crippen LogP contribution in [0.25, 0.3) is 0 Å². The average molecular weight is 993 g/mol. The summed E-state index contributed by atoms with van der Waals surface area (Å²) in [6.07, 6.45) is 0. The molecule has 2 aliphatic heterocycles. The molecule has 7 aromatic carbocycles. The summed E-state index contributed by atoms with van der Waals surface area (Å²) in [5.41, 5.74) is 17.2. The van der Waals surface area contributed by atoms with Crippen molar-refractivity contribution in [2.45, 2.75) is 37.2 Å². The maximum absolute atomic E-state index is 12.0. The van der Waals surface area contributed by atoms with Crippen LogP contribution in [0.15, 0.2) is 174 Å². The summed E-state index contributed by atoms with van der Waals surface area (Å²) in [7, 11) is 16.5. The summed E-state index contributed by atoms with van der Waals surface area (Å²) in [5.74, 6) is -0.128. The van der Waals surface area contributed by atoms with Crippen LogP contribution in [0.1, 0.15) is 65.3 Å². The Kier molecular flexibility index (Phi) is 15.6. The molecule has 1 N–H and O–H groups in total. The van der Waals surface area contributed by atoms with Crippen molar-refractivity contribution in [1.29, 1.82) is 0 Å². The molecule has 370 valence electrons. The second-order valence-corrected chi connectivity index (χ2v) is 21.5. The van der Waals surface area contributed by atoms with Gasteiger partial charge in [0.2, 0.25) is 5.91 Å². The fourth-order valence-electron chi connectivity index (χ4n) is 9.47. The number of hydrogen-bond acceptors (Lipinski definition) is 10. The number of amidine groups is 1. The molecule has 0 atom stereocenters. The first-order valence-corrected chi connectivity index (χ1v) is 26.2. The van der Waals surface area contributed by atoms with Crippen molar-refractivity contribution < 1.29 is 4.79 Å². The number of nitrogens with zero attached hydrogens (tertiary/aromatic N) is 7. The minimum absolute atomic E-state index is 0.128. The van der Waals surface area contributed by atoms with E-state index in [0.717, 1.165) is 63.1 Å². The number of aliphatic imine (C=N–C) groups is 2. The quantitative estimate of drug-likeness (QED) is 0.130. The van der Waals surface area contributed by atoms with Gasteiger partial charge in [0.15, 0.2) is 5.17 Å². The molecule has 7 aromatic rings. The maximum atomic E-state index is 12.0. The van der Waals surface area contributed by atoms with Gasteiger partial charge in [-0.3, -0.25) is 4.79 Å². The Morgan fingerprint density at radius 3 is 1.33 bits per heavy atom. The monoisotopic (exact) mass is 992 g/mol. The van der Waals surface area contributed by atoms with Crippen molar-refractivity contribution in [2.75, 3.05) is 94.0 Å². The van der Waals surface area contributed by atoms with E-state index in [2.05, 4.69) is 237 Å². The summed E-state index contributed by atoms with van der Waals surface area (Å²) in [6.45, 7) is 9.96. The summed E-state index contributed by atoms with van der Waals surface area (Å²) in [6, 6.07) is 59.2. The molecule has 0 aromatic heterocycles. The van der Waals surface area contributed by atoms with E-state index in [1.54, 1.807) is 11.8 Å². The van der Waals surface area contributed by atoms with Crippen LogP contribution in [-0.2, 0) is 14.3 Å². The predicted octanol–water partition coefficient (Wildman–Crippen LogP) is 13.1. The second kappa shape index (κ2) is 21.8. The Morgan fingerprint density at radius 1 is 0.486 bits per heavy atom. The number of thioether (sulfide) groups is 2. The molecule has 9 nitrogen and oxygen atoms in total. The van der Waals surface area contributed by atoms with Crippen molar-refractivity contribution >= 4 is 79.5 Å². The number of fused-ring (bicyclic) bond motifs is 2. The van der Waals surface area contributed by atoms with Gasteiger partial charge in [0.25, 0.3) is 0 Å². The highest BCUT2D eigenvalue weighted by molar-refractivity contribution is 8.15. The fourth-order valence-corrected chi connectivity index (χ4v) is 12.4. The highest BCUT2D eigenvalue weighted by Crippen LogP contribution is 2.57. The Hall–Kier alpha value is -6.95. The molecular weight excluding hydrogens is 925 g/mol. The molecule has 9 rings (SSSR count). The van der Waals surface area contributed by atoms with Crippen molar-refractivity contribution in [2.24, 2.45) is 9.98 Å². The third kappa shape index (κ3) is 10.4. The largest absolute Gasteiger partial charge is 0.378 e. The van der Waals surface area contributed by atoms with Crippen LogP contribution in [0, 0.1) is 6.92 Å². The van der Waals surface area contributed by atoms with Gasteiger partial charge >= 0.3 is 0 Å². The van der Waals surface area contributed by atoms with Gasteiger partial charge in [-0.2, -0.15) is 0 Å². The SMILES string of the molecule is CC(=O)NC1=Nc2ccc(C)cc2C(c2ccc(N(C)C)cc2)(c2ccc(N(C)C)cc2)S1.CCN(CC)c1ccc2c(c1)N=C(c1ccccc1)SC2(c1ccc(N(C)C)cc1)c1ccc(N(C)C)cc1. The topological polar surface area (TPSA) is 70.0 Å². The van der Waals surface area contributed by atoms with Crippen molar-refractivity contribution in [3.63, 3.8) is 0 Å². The van der Waals surface area contributed by atoms with Crippen LogP contribution < -0.4 is 29.8 Å². The molecule has 0 saturated heterocycles. The van der Waals surface area contributed by atoms with Crippen LogP contribution in [0.2, 0.25) is 0 Å². The molecule has 0 radical (unpaired) electrons. The average Bonchev–Trinajstić information content (AvgIpc) is 3.39. The lowest BCUT2D eigenvalue weighted by atomic mass is 9.82. The molecule has 0 spiro atoms. The highest BCUT2D eigenvalue weighted by Gasteiger charge is 2.45. The molecule has 0 aliphatic carbocycles. The van der Waals surface area contributed by atoms with Crippen molar-refractivity contribution in [3.05, 3.63) is 208 Å². The van der Waals surface area contributed by atoms with E-state index in [-0.39, 0.29) is 5.91 Å². The molecule has 2 heterocycles. The number of hydrogen-bond donors (Lipinski definition) is 1. The summed E-state index contributed by atoms with van der Waals surface area (Å²) in [4.78, 5) is 33.0. The van der Waals surface area contributed by atoms with Gasteiger partial charge in [-0.05, 0) is 110 Å². The van der Waals surface area contributed by atoms with Gasteiger partial charge in [0, 0.05) is 122 Å². The molecule has 2 aliphatic rings. The fraction of sp³-hybridized carbons (Fsp3) is 0.262. The van der Waals surface area contributed by atoms with Gasteiger partial charge in [-0.15, -0.1) is 0 Å². The van der Waals surface area contributed by atoms with E-state index in [1.165, 1.54) is 46.2 Å². The molecule has 72 heavy (non-hydrogen) atoms. The number of nitrogens with one attached hydrogen (secondary N) is 1. The third-order valence-corrected chi connectivity index (χ3v) is 16.3. The standard InChI is InChI=1S/C34H38N4S.C27H30N4OS/c1-7-38(8-2)30-22-23-31-32(24-30)35-33(25-12-10-9-11-13-25)39-34(31,26-14-18-28(19-15-26)36(3)4)27-16-20-29(21-17-27)37(5)6;1-18-7-16-25-24(17-18)27(33-26(29-25)28-19(2)32,20-8-12-22(13-9-20)30(3)4)21-10-14-23(15-11-21)31(5)6/h9-24H,7-8H2,1-6H3;7-17H,1-6H3,(H,28,29,32). The first-order chi connectivity index (χ1) is 34.6. The lowest BCUT2D eigenvalue weighted by Gasteiger charge is -2.39. The molecule has 11 heteroatoms. The van der Waals surface area contributed by atoms with Gasteiger partial charge in [0.05, 0.1) is 16.1 Å². The molecular formula is C61H68N8OS2. The van der Waals surface area contributed by atoms with Crippen LogP contribution in [0.4, 0.5) is 39.8 Å². The van der Waals surface area contributed by atoms with Crippen molar-refractivity contribution in [1.82, 2.24) is 5.32 Å². The molecule has 0 saturated carbocycles. The van der Waals surface area contributed by atoms with Gasteiger partial charge < -0.3 is 29.8 Å². The minimum Gasteiger partial charge on any atom is -0.378 e. The van der Waals surface area contributed by atoms with Gasteiger partial charge in [0.1, 0.15) is 9.79 Å². The van der Waals surface area contributed by atoms with Gasteiger partial charge in [-0.25, -0.2) is 9.98 Å². The number of carbonyl (C=O) groups is 1. The van der Waals surface area contributed by atoms with Crippen molar-refractivity contribution in [3.8, 4) is 0 Å². The zero-order chi connectivity index (χ0) is 51.3. The maximum Gasteiger partial charge on any atom is 0.222 e. The van der Waals surface area contributed by atoms with E-state index in [9.17, 15) is 4.79 Å². The number of aryl methyl sites for hydroxylation is 1. The predicted molar refractivity (Wildman–Crippen MR) is 313 cm³/mol. The normalized spacial score (nSPS) is 14.0. The molecule has 0 bridgehead atoms. The number of carbonyl (C=O) groups excluding carboxylic acids is 1. The molecule has 0 fully saturated rings. The highest BCUT2D eigenvalue weighted by atomic mass is 32.2. The Balaban J connectivity index is 0.000000195. The van der Waals surface area contributed by atoms with Crippen LogP contribution in [0.5, 0.6) is 0 Å². The number of anilines is 5. The van der Waals surface area contributed by atoms with Crippen LogP contribution >= 0.6 is 23.5 Å². The van der Waals surface area contributed by atoms with Gasteiger partial charge in [-0.1, -0.05) is 126 Å². The van der Waals surface area contributed by atoms with E-state index < -0.39 is 9.49 Å². The lowest BCUT2D eigenvalue weighted by molar-refractivity contribution is -0.117. The third-order valence-electron chi connectivity index (χ3n) is 13.4.